The third kappa shape index (κ3) is 3.04. The summed E-state index contributed by atoms with van der Waals surface area (Å²) in [5, 5.41) is 10.8. The summed E-state index contributed by atoms with van der Waals surface area (Å²) in [5.74, 6) is -0.107. The molecule has 0 spiro atoms. The number of hydrogen-bond donors (Lipinski definition) is 2. The van der Waals surface area contributed by atoms with Crippen LogP contribution in [-0.4, -0.2) is 32.3 Å². The molecule has 0 fully saturated rings. The molecule has 84 valence electrons. The first-order chi connectivity index (χ1) is 7.17. The first kappa shape index (κ1) is 12.7. The predicted molar refractivity (Wildman–Crippen MR) is 66.7 cm³/mol. The van der Waals surface area contributed by atoms with Gasteiger partial charge in [-0.05, 0) is 6.42 Å². The number of H-pyrrole nitrogens is 1. The summed E-state index contributed by atoms with van der Waals surface area (Å²) in [4.78, 5) is 11.8. The van der Waals surface area contributed by atoms with Crippen molar-refractivity contribution < 1.29 is 4.79 Å². The zero-order chi connectivity index (χ0) is 11.3. The number of nitrogens with one attached hydrogen (secondary N) is 2. The van der Waals surface area contributed by atoms with Crippen LogP contribution in [0.2, 0.25) is 0 Å². The third-order valence-corrected chi connectivity index (χ3v) is 4.47. The highest BCUT2D eigenvalue weighted by Crippen LogP contribution is 2.17. The van der Waals surface area contributed by atoms with Crippen molar-refractivity contribution in [2.45, 2.75) is 18.9 Å². The van der Waals surface area contributed by atoms with E-state index in [1.807, 2.05) is 6.92 Å². The fraction of sp³-hybridized carbons (Fsp3) is 0.556. The third-order valence-electron chi connectivity index (χ3n) is 2.33. The molecular formula is C9H13Br2N3O. The number of rotatable bonds is 5. The Balaban J connectivity index is 2.71. The van der Waals surface area contributed by atoms with E-state index in [9.17, 15) is 4.79 Å². The number of hydrogen-bond acceptors (Lipinski definition) is 2. The minimum atomic E-state index is -0.242. The number of nitrogens with zero attached hydrogens (tertiary/aromatic N) is 1. The standard InChI is InChI=1S/C9H13Br2N3O/c1-2-9(5-10,6-11)14-8(15)7-3-12-13-4-7/h3-4H,2,5-6H2,1H3,(H,12,13)(H,14,15). The van der Waals surface area contributed by atoms with E-state index in [0.29, 0.717) is 16.2 Å². The number of carbonyl (C=O) groups is 1. The van der Waals surface area contributed by atoms with Gasteiger partial charge in [0.1, 0.15) is 0 Å². The van der Waals surface area contributed by atoms with Gasteiger partial charge in [0.15, 0.2) is 0 Å². The molecule has 0 saturated heterocycles. The van der Waals surface area contributed by atoms with Crippen LogP contribution in [0.3, 0.4) is 0 Å². The number of halogens is 2. The maximum atomic E-state index is 11.8. The van der Waals surface area contributed by atoms with Crippen LogP contribution in [0.25, 0.3) is 0 Å². The Hall–Kier alpha value is -0.360. The summed E-state index contributed by atoms with van der Waals surface area (Å²) in [6.45, 7) is 2.04. The second-order valence-corrected chi connectivity index (χ2v) is 4.46. The Bertz CT molecular complexity index is 301. The summed E-state index contributed by atoms with van der Waals surface area (Å²) < 4.78 is 0. The van der Waals surface area contributed by atoms with Crippen LogP contribution in [0.15, 0.2) is 12.4 Å². The van der Waals surface area contributed by atoms with Crippen LogP contribution in [-0.2, 0) is 0 Å². The van der Waals surface area contributed by atoms with Crippen molar-refractivity contribution in [1.82, 2.24) is 15.5 Å². The second kappa shape index (κ2) is 5.65. The molecule has 0 aliphatic rings. The number of amides is 1. The van der Waals surface area contributed by atoms with Gasteiger partial charge in [0.2, 0.25) is 0 Å². The highest BCUT2D eigenvalue weighted by atomic mass is 79.9. The first-order valence-electron chi connectivity index (χ1n) is 4.60. The lowest BCUT2D eigenvalue weighted by Crippen LogP contribution is -2.51. The number of aromatic amines is 1. The molecular weight excluding hydrogens is 326 g/mol. The van der Waals surface area contributed by atoms with Gasteiger partial charge in [-0.15, -0.1) is 0 Å². The summed E-state index contributed by atoms with van der Waals surface area (Å²) >= 11 is 6.83. The molecule has 0 aliphatic carbocycles. The van der Waals surface area contributed by atoms with E-state index < -0.39 is 0 Å². The molecule has 0 aromatic carbocycles. The minimum Gasteiger partial charge on any atom is -0.345 e. The smallest absolute Gasteiger partial charge is 0.254 e. The van der Waals surface area contributed by atoms with Crippen LogP contribution in [0.4, 0.5) is 0 Å². The largest absolute Gasteiger partial charge is 0.345 e. The van der Waals surface area contributed by atoms with Crippen LogP contribution in [0.1, 0.15) is 23.7 Å². The number of aromatic nitrogens is 2. The van der Waals surface area contributed by atoms with Crippen LogP contribution < -0.4 is 5.32 Å². The average Bonchev–Trinajstić information content (AvgIpc) is 2.79. The quantitative estimate of drug-likeness (QED) is 0.807. The van der Waals surface area contributed by atoms with Gasteiger partial charge in [0, 0.05) is 16.9 Å². The molecule has 1 aromatic heterocycles. The van der Waals surface area contributed by atoms with Crippen molar-refractivity contribution in [1.29, 1.82) is 0 Å². The van der Waals surface area contributed by atoms with Gasteiger partial charge < -0.3 is 5.32 Å². The van der Waals surface area contributed by atoms with E-state index in [0.717, 1.165) is 6.42 Å². The zero-order valence-corrected chi connectivity index (χ0v) is 11.6. The summed E-state index contributed by atoms with van der Waals surface area (Å²) in [6.07, 6.45) is 3.95. The Morgan fingerprint density at radius 1 is 1.60 bits per heavy atom. The van der Waals surface area contributed by atoms with E-state index in [4.69, 9.17) is 0 Å². The fourth-order valence-corrected chi connectivity index (χ4v) is 3.07. The lowest BCUT2D eigenvalue weighted by molar-refractivity contribution is 0.0915. The number of alkyl halides is 2. The van der Waals surface area contributed by atoms with E-state index in [1.165, 1.54) is 6.20 Å². The normalized spacial score (nSPS) is 11.4. The zero-order valence-electron chi connectivity index (χ0n) is 8.39. The first-order valence-corrected chi connectivity index (χ1v) is 6.85. The highest BCUT2D eigenvalue weighted by Gasteiger charge is 2.28. The topological polar surface area (TPSA) is 57.8 Å². The van der Waals surface area contributed by atoms with Gasteiger partial charge in [-0.3, -0.25) is 9.89 Å². The van der Waals surface area contributed by atoms with Crippen molar-refractivity contribution in [3.05, 3.63) is 18.0 Å². The molecule has 2 N–H and O–H groups in total. The maximum Gasteiger partial charge on any atom is 0.254 e. The molecule has 0 saturated carbocycles. The van der Waals surface area contributed by atoms with Gasteiger partial charge in [0.05, 0.1) is 17.3 Å². The van der Waals surface area contributed by atoms with Gasteiger partial charge >= 0.3 is 0 Å². The molecule has 0 atom stereocenters. The molecule has 1 rings (SSSR count). The lowest BCUT2D eigenvalue weighted by atomic mass is 10.0. The molecule has 4 nitrogen and oxygen atoms in total. The molecule has 0 aliphatic heterocycles. The van der Waals surface area contributed by atoms with Crippen LogP contribution >= 0.6 is 31.9 Å². The van der Waals surface area contributed by atoms with Crippen molar-refractivity contribution in [3.8, 4) is 0 Å². The van der Waals surface area contributed by atoms with Crippen LogP contribution in [0, 0.1) is 0 Å². The molecule has 15 heavy (non-hydrogen) atoms. The maximum absolute atomic E-state index is 11.8. The Morgan fingerprint density at radius 3 is 2.67 bits per heavy atom. The second-order valence-electron chi connectivity index (χ2n) is 3.34. The summed E-state index contributed by atoms with van der Waals surface area (Å²) in [7, 11) is 0. The minimum absolute atomic E-state index is 0.107. The Morgan fingerprint density at radius 2 is 2.27 bits per heavy atom. The summed E-state index contributed by atoms with van der Waals surface area (Å²) in [5.41, 5.74) is 0.309. The molecule has 1 heterocycles. The van der Waals surface area contributed by atoms with Crippen molar-refractivity contribution >= 4 is 37.8 Å². The number of carbonyl (C=O) groups excluding carboxylic acids is 1. The predicted octanol–water partition coefficient (Wildman–Crippen LogP) is 2.08. The van der Waals surface area contributed by atoms with Crippen molar-refractivity contribution in [3.63, 3.8) is 0 Å². The van der Waals surface area contributed by atoms with E-state index >= 15 is 0 Å². The monoisotopic (exact) mass is 337 g/mol. The van der Waals surface area contributed by atoms with Gasteiger partial charge in [-0.2, -0.15) is 5.10 Å². The molecule has 6 heteroatoms. The Labute approximate surface area is 105 Å². The SMILES string of the molecule is CCC(CBr)(CBr)NC(=O)c1cn[nH]c1. The lowest BCUT2D eigenvalue weighted by Gasteiger charge is -2.29. The van der Waals surface area contributed by atoms with Crippen molar-refractivity contribution in [2.75, 3.05) is 10.7 Å². The molecule has 1 aromatic rings. The Kier molecular flexibility index (Phi) is 4.79. The van der Waals surface area contributed by atoms with Gasteiger partial charge in [0.25, 0.3) is 5.91 Å². The molecule has 1 amide bonds. The van der Waals surface area contributed by atoms with Crippen molar-refractivity contribution in [2.24, 2.45) is 0 Å². The van der Waals surface area contributed by atoms with Gasteiger partial charge in [-0.1, -0.05) is 38.8 Å². The summed E-state index contributed by atoms with van der Waals surface area (Å²) in [6, 6.07) is 0. The fourth-order valence-electron chi connectivity index (χ4n) is 1.07. The molecule has 0 radical (unpaired) electrons. The van der Waals surface area contributed by atoms with E-state index in [-0.39, 0.29) is 11.4 Å². The molecule has 0 unspecified atom stereocenters. The average molecular weight is 339 g/mol. The van der Waals surface area contributed by atoms with Crippen LogP contribution in [0.5, 0.6) is 0 Å². The van der Waals surface area contributed by atoms with E-state index in [2.05, 4.69) is 47.4 Å². The van der Waals surface area contributed by atoms with Gasteiger partial charge in [-0.25, -0.2) is 0 Å². The highest BCUT2D eigenvalue weighted by molar-refractivity contribution is 9.09. The van der Waals surface area contributed by atoms with E-state index in [1.54, 1.807) is 6.20 Å². The molecule has 0 bridgehead atoms.